The van der Waals surface area contributed by atoms with Crippen molar-refractivity contribution in [3.8, 4) is 11.6 Å². The molecule has 3 aromatic rings. The summed E-state index contributed by atoms with van der Waals surface area (Å²) in [6.07, 6.45) is 1.53. The minimum Gasteiger partial charge on any atom is -0.439 e. The molecular formula is C25H26N4O3. The number of amides is 2. The van der Waals surface area contributed by atoms with E-state index in [9.17, 15) is 9.59 Å². The van der Waals surface area contributed by atoms with Crippen molar-refractivity contribution < 1.29 is 14.3 Å². The Labute approximate surface area is 187 Å². The van der Waals surface area contributed by atoms with Crippen molar-refractivity contribution in [2.24, 2.45) is 0 Å². The second-order valence-corrected chi connectivity index (χ2v) is 7.75. The third-order valence-corrected chi connectivity index (χ3v) is 5.29. The number of hydrogen-bond acceptors (Lipinski definition) is 5. The first-order valence-electron chi connectivity index (χ1n) is 10.6. The number of carbonyl (C=O) groups excluding carboxylic acids is 2. The number of nitrogens with zero attached hydrogens (tertiary/aromatic N) is 3. The number of aromatic nitrogens is 1. The molecule has 2 amide bonds. The van der Waals surface area contributed by atoms with Crippen molar-refractivity contribution >= 4 is 17.5 Å². The summed E-state index contributed by atoms with van der Waals surface area (Å²) < 4.78 is 5.73. The summed E-state index contributed by atoms with van der Waals surface area (Å²) in [5, 5.41) is 2.66. The predicted octanol–water partition coefficient (Wildman–Crippen LogP) is 3.79. The number of ether oxygens (including phenoxy) is 1. The first-order valence-corrected chi connectivity index (χ1v) is 10.6. The maximum absolute atomic E-state index is 12.9. The standard InChI is InChI=1S/C25H26N4O3/c1-19(30)27-22-9-12-24(26-17-22)32-23-10-7-21(8-11-23)25(31)29-15-13-28(14-16-29)18-20-5-3-2-4-6-20/h2-12,17H,13-16,18H2,1H3,(H,27,30). The average molecular weight is 431 g/mol. The van der Waals surface area contributed by atoms with Gasteiger partial charge in [0.2, 0.25) is 11.8 Å². The molecule has 0 atom stereocenters. The van der Waals surface area contributed by atoms with Gasteiger partial charge < -0.3 is 15.0 Å². The van der Waals surface area contributed by atoms with Crippen LogP contribution in [0.3, 0.4) is 0 Å². The molecule has 0 unspecified atom stereocenters. The van der Waals surface area contributed by atoms with Crippen LogP contribution in [0.1, 0.15) is 22.8 Å². The van der Waals surface area contributed by atoms with E-state index in [0.717, 1.165) is 19.6 Å². The maximum atomic E-state index is 12.9. The molecule has 0 bridgehead atoms. The number of piperazine rings is 1. The molecule has 0 saturated carbocycles. The Hall–Kier alpha value is -3.71. The molecule has 1 N–H and O–H groups in total. The van der Waals surface area contributed by atoms with Crippen LogP contribution in [0.5, 0.6) is 11.6 Å². The molecule has 7 nitrogen and oxygen atoms in total. The van der Waals surface area contributed by atoms with Gasteiger partial charge in [-0.05, 0) is 35.9 Å². The van der Waals surface area contributed by atoms with E-state index < -0.39 is 0 Å². The third-order valence-electron chi connectivity index (χ3n) is 5.29. The van der Waals surface area contributed by atoms with Gasteiger partial charge >= 0.3 is 0 Å². The lowest BCUT2D eigenvalue weighted by molar-refractivity contribution is -0.114. The van der Waals surface area contributed by atoms with Crippen molar-refractivity contribution in [3.05, 3.63) is 84.1 Å². The lowest BCUT2D eigenvalue weighted by Gasteiger charge is -2.34. The Balaban J connectivity index is 1.29. The highest BCUT2D eigenvalue weighted by Gasteiger charge is 2.22. The highest BCUT2D eigenvalue weighted by Crippen LogP contribution is 2.22. The normalized spacial score (nSPS) is 14.1. The van der Waals surface area contributed by atoms with Crippen LogP contribution in [-0.2, 0) is 11.3 Å². The summed E-state index contributed by atoms with van der Waals surface area (Å²) in [5.74, 6) is 0.883. The third kappa shape index (κ3) is 5.70. The van der Waals surface area contributed by atoms with E-state index in [-0.39, 0.29) is 11.8 Å². The SMILES string of the molecule is CC(=O)Nc1ccc(Oc2ccc(C(=O)N3CCN(Cc4ccccc4)CC3)cc2)nc1. The molecule has 1 saturated heterocycles. The molecule has 1 aliphatic rings. The second kappa shape index (κ2) is 10.1. The Morgan fingerprint density at radius 1 is 0.938 bits per heavy atom. The fourth-order valence-electron chi connectivity index (χ4n) is 3.64. The topological polar surface area (TPSA) is 74.8 Å². The summed E-state index contributed by atoms with van der Waals surface area (Å²) in [5.41, 5.74) is 2.54. The predicted molar refractivity (Wildman–Crippen MR) is 123 cm³/mol. The minimum atomic E-state index is -0.154. The van der Waals surface area contributed by atoms with E-state index in [2.05, 4.69) is 39.5 Å². The van der Waals surface area contributed by atoms with Gasteiger partial charge in [0.05, 0.1) is 11.9 Å². The van der Waals surface area contributed by atoms with Gasteiger partial charge in [-0.1, -0.05) is 30.3 Å². The molecule has 1 aliphatic heterocycles. The summed E-state index contributed by atoms with van der Waals surface area (Å²) in [6.45, 7) is 5.51. The highest BCUT2D eigenvalue weighted by molar-refractivity contribution is 5.94. The monoisotopic (exact) mass is 430 g/mol. The smallest absolute Gasteiger partial charge is 0.253 e. The zero-order chi connectivity index (χ0) is 22.3. The van der Waals surface area contributed by atoms with Crippen LogP contribution in [0, 0.1) is 0 Å². The molecule has 0 spiro atoms. The number of rotatable bonds is 6. The number of carbonyl (C=O) groups is 2. The number of benzene rings is 2. The van der Waals surface area contributed by atoms with Crippen LogP contribution in [0.2, 0.25) is 0 Å². The largest absolute Gasteiger partial charge is 0.439 e. The van der Waals surface area contributed by atoms with Crippen LogP contribution in [0.25, 0.3) is 0 Å². The van der Waals surface area contributed by atoms with Gasteiger partial charge in [-0.25, -0.2) is 4.98 Å². The summed E-state index contributed by atoms with van der Waals surface area (Å²) in [4.78, 5) is 32.4. The summed E-state index contributed by atoms with van der Waals surface area (Å²) >= 11 is 0. The molecule has 32 heavy (non-hydrogen) atoms. The molecular weight excluding hydrogens is 404 g/mol. The average Bonchev–Trinajstić information content (AvgIpc) is 2.81. The van der Waals surface area contributed by atoms with Gasteiger partial charge in [0.15, 0.2) is 0 Å². The molecule has 4 rings (SSSR count). The molecule has 0 radical (unpaired) electrons. The Bertz CT molecular complexity index is 1040. The van der Waals surface area contributed by atoms with Crippen LogP contribution < -0.4 is 10.1 Å². The number of nitrogens with one attached hydrogen (secondary N) is 1. The second-order valence-electron chi connectivity index (χ2n) is 7.75. The van der Waals surface area contributed by atoms with Crippen molar-refractivity contribution in [1.29, 1.82) is 0 Å². The van der Waals surface area contributed by atoms with Crippen molar-refractivity contribution in [1.82, 2.24) is 14.8 Å². The molecule has 2 aromatic carbocycles. The molecule has 2 heterocycles. The van der Waals surface area contributed by atoms with E-state index in [1.165, 1.54) is 18.7 Å². The van der Waals surface area contributed by atoms with Crippen molar-refractivity contribution in [2.45, 2.75) is 13.5 Å². The fourth-order valence-corrected chi connectivity index (χ4v) is 3.64. The van der Waals surface area contributed by atoms with Gasteiger partial charge in [0.25, 0.3) is 5.91 Å². The van der Waals surface area contributed by atoms with Crippen LogP contribution in [0.4, 0.5) is 5.69 Å². The van der Waals surface area contributed by atoms with E-state index in [0.29, 0.717) is 36.0 Å². The minimum absolute atomic E-state index is 0.0358. The zero-order valence-electron chi connectivity index (χ0n) is 18.0. The van der Waals surface area contributed by atoms with E-state index >= 15 is 0 Å². The summed E-state index contributed by atoms with van der Waals surface area (Å²) in [7, 11) is 0. The quantitative estimate of drug-likeness (QED) is 0.644. The Morgan fingerprint density at radius 3 is 2.28 bits per heavy atom. The zero-order valence-corrected chi connectivity index (χ0v) is 18.0. The van der Waals surface area contributed by atoms with Crippen LogP contribution in [0.15, 0.2) is 72.9 Å². The van der Waals surface area contributed by atoms with Gasteiger partial charge in [-0.2, -0.15) is 0 Å². The van der Waals surface area contributed by atoms with Crippen molar-refractivity contribution in [2.75, 3.05) is 31.5 Å². The Morgan fingerprint density at radius 2 is 1.66 bits per heavy atom. The highest BCUT2D eigenvalue weighted by atomic mass is 16.5. The van der Waals surface area contributed by atoms with Crippen molar-refractivity contribution in [3.63, 3.8) is 0 Å². The lowest BCUT2D eigenvalue weighted by Crippen LogP contribution is -2.48. The van der Waals surface area contributed by atoms with Gasteiger partial charge in [0.1, 0.15) is 5.75 Å². The fraction of sp³-hybridized carbons (Fsp3) is 0.240. The van der Waals surface area contributed by atoms with E-state index in [4.69, 9.17) is 4.74 Å². The van der Waals surface area contributed by atoms with Gasteiger partial charge in [0, 0.05) is 51.3 Å². The van der Waals surface area contributed by atoms with Gasteiger partial charge in [-0.3, -0.25) is 14.5 Å². The van der Waals surface area contributed by atoms with E-state index in [1.54, 1.807) is 36.4 Å². The van der Waals surface area contributed by atoms with E-state index in [1.807, 2.05) is 11.0 Å². The number of pyridine rings is 1. The number of hydrogen-bond donors (Lipinski definition) is 1. The first kappa shape index (κ1) is 21.5. The van der Waals surface area contributed by atoms with Crippen LogP contribution in [-0.4, -0.2) is 52.8 Å². The lowest BCUT2D eigenvalue weighted by atomic mass is 10.1. The Kier molecular flexibility index (Phi) is 6.77. The molecule has 164 valence electrons. The molecule has 0 aliphatic carbocycles. The maximum Gasteiger partial charge on any atom is 0.253 e. The number of anilines is 1. The molecule has 1 aromatic heterocycles. The molecule has 7 heteroatoms. The summed E-state index contributed by atoms with van der Waals surface area (Å²) in [6, 6.07) is 20.9. The van der Waals surface area contributed by atoms with Gasteiger partial charge in [-0.15, -0.1) is 0 Å². The van der Waals surface area contributed by atoms with Crippen LogP contribution >= 0.6 is 0 Å². The molecule has 1 fully saturated rings. The first-order chi connectivity index (χ1) is 15.6.